The lowest BCUT2D eigenvalue weighted by molar-refractivity contribution is -0.155. The zero-order chi connectivity index (χ0) is 15.7. The van der Waals surface area contributed by atoms with Gasteiger partial charge in [-0.3, -0.25) is 9.59 Å². The number of carbonyl (C=O) groups excluding carboxylic acids is 2. The van der Waals surface area contributed by atoms with Crippen molar-refractivity contribution in [2.45, 2.75) is 51.0 Å². The average Bonchev–Trinajstić information content (AvgIpc) is 3.38. The number of carbonyl (C=O) groups is 3. The van der Waals surface area contributed by atoms with Crippen molar-refractivity contribution in [1.29, 1.82) is 0 Å². The molecule has 6 heteroatoms. The molecule has 1 aliphatic carbocycles. The van der Waals surface area contributed by atoms with Gasteiger partial charge >= 0.3 is 5.97 Å². The highest BCUT2D eigenvalue weighted by atomic mass is 16.4. The van der Waals surface area contributed by atoms with E-state index in [1.165, 1.54) is 0 Å². The fourth-order valence-corrected chi connectivity index (χ4v) is 3.65. The molecule has 1 unspecified atom stereocenters. The molecule has 2 aliphatic heterocycles. The molecule has 3 fully saturated rings. The Kier molecular flexibility index (Phi) is 4.36. The van der Waals surface area contributed by atoms with E-state index in [-0.39, 0.29) is 23.7 Å². The number of piperidine rings is 2. The van der Waals surface area contributed by atoms with Gasteiger partial charge in [-0.25, -0.2) is 4.79 Å². The maximum atomic E-state index is 12.7. The van der Waals surface area contributed by atoms with Crippen LogP contribution >= 0.6 is 0 Å². The summed E-state index contributed by atoms with van der Waals surface area (Å²) >= 11 is 0. The molecule has 2 heterocycles. The Hall–Kier alpha value is -1.59. The van der Waals surface area contributed by atoms with E-state index in [1.54, 1.807) is 4.90 Å². The first-order valence-corrected chi connectivity index (χ1v) is 8.40. The van der Waals surface area contributed by atoms with Crippen LogP contribution in [0.5, 0.6) is 0 Å². The number of hydrogen-bond donors (Lipinski definition) is 1. The Bertz CT molecular complexity index is 475. The molecule has 6 nitrogen and oxygen atoms in total. The number of rotatable bonds is 3. The Balaban J connectivity index is 1.65. The summed E-state index contributed by atoms with van der Waals surface area (Å²) < 4.78 is 0. The average molecular weight is 308 g/mol. The van der Waals surface area contributed by atoms with E-state index >= 15 is 0 Å². The van der Waals surface area contributed by atoms with Crippen LogP contribution in [0.3, 0.4) is 0 Å². The second kappa shape index (κ2) is 6.26. The van der Waals surface area contributed by atoms with Crippen LogP contribution in [0.4, 0.5) is 0 Å². The van der Waals surface area contributed by atoms with Crippen LogP contribution in [-0.4, -0.2) is 58.4 Å². The third-order valence-electron chi connectivity index (χ3n) is 5.08. The van der Waals surface area contributed by atoms with Gasteiger partial charge < -0.3 is 14.9 Å². The SMILES string of the molecule is O=C(O)[C@H]1CCCCN1C(=O)C1CCCN(C(=O)C2CC2)C1. The summed E-state index contributed by atoms with van der Waals surface area (Å²) in [6.07, 6.45) is 5.81. The van der Waals surface area contributed by atoms with Crippen molar-refractivity contribution in [1.82, 2.24) is 9.80 Å². The highest BCUT2D eigenvalue weighted by Crippen LogP contribution is 2.33. The first kappa shape index (κ1) is 15.3. The van der Waals surface area contributed by atoms with Gasteiger partial charge in [-0.05, 0) is 44.9 Å². The monoisotopic (exact) mass is 308 g/mol. The number of likely N-dealkylation sites (tertiary alicyclic amines) is 2. The maximum Gasteiger partial charge on any atom is 0.326 e. The quantitative estimate of drug-likeness (QED) is 0.847. The zero-order valence-corrected chi connectivity index (χ0v) is 12.9. The molecular formula is C16H24N2O4. The molecule has 2 atom stereocenters. The van der Waals surface area contributed by atoms with Crippen molar-refractivity contribution in [3.63, 3.8) is 0 Å². The van der Waals surface area contributed by atoms with Crippen molar-refractivity contribution in [2.24, 2.45) is 11.8 Å². The van der Waals surface area contributed by atoms with Crippen LogP contribution in [0, 0.1) is 11.8 Å². The summed E-state index contributed by atoms with van der Waals surface area (Å²) in [5.74, 6) is -0.840. The topological polar surface area (TPSA) is 77.9 Å². The van der Waals surface area contributed by atoms with Gasteiger partial charge in [0.2, 0.25) is 11.8 Å². The number of carboxylic acid groups (broad SMARTS) is 1. The van der Waals surface area contributed by atoms with Crippen molar-refractivity contribution >= 4 is 17.8 Å². The van der Waals surface area contributed by atoms with Gasteiger partial charge in [0.1, 0.15) is 6.04 Å². The molecule has 3 rings (SSSR count). The summed E-state index contributed by atoms with van der Waals surface area (Å²) in [7, 11) is 0. The molecule has 3 aliphatic rings. The van der Waals surface area contributed by atoms with Crippen LogP contribution in [0.15, 0.2) is 0 Å². The normalized spacial score (nSPS) is 29.3. The van der Waals surface area contributed by atoms with E-state index in [4.69, 9.17) is 0 Å². The predicted octanol–water partition coefficient (Wildman–Crippen LogP) is 1.10. The lowest BCUT2D eigenvalue weighted by atomic mass is 9.93. The molecule has 1 saturated carbocycles. The molecule has 2 amide bonds. The van der Waals surface area contributed by atoms with Crippen LogP contribution in [0.2, 0.25) is 0 Å². The minimum absolute atomic E-state index is 0.0691. The van der Waals surface area contributed by atoms with E-state index in [0.29, 0.717) is 19.5 Å². The largest absolute Gasteiger partial charge is 0.480 e. The van der Waals surface area contributed by atoms with Gasteiger partial charge in [0.05, 0.1) is 5.92 Å². The molecule has 0 aromatic carbocycles. The van der Waals surface area contributed by atoms with Crippen LogP contribution in [0.1, 0.15) is 44.9 Å². The molecule has 2 saturated heterocycles. The molecule has 22 heavy (non-hydrogen) atoms. The molecular weight excluding hydrogens is 284 g/mol. The van der Waals surface area contributed by atoms with Gasteiger partial charge in [0.25, 0.3) is 0 Å². The molecule has 0 aromatic rings. The third kappa shape index (κ3) is 3.10. The highest BCUT2D eigenvalue weighted by Gasteiger charge is 2.40. The molecule has 1 N–H and O–H groups in total. The van der Waals surface area contributed by atoms with Crippen molar-refractivity contribution in [3.05, 3.63) is 0 Å². The van der Waals surface area contributed by atoms with Gasteiger partial charge in [-0.1, -0.05) is 0 Å². The van der Waals surface area contributed by atoms with Crippen LogP contribution in [-0.2, 0) is 14.4 Å². The third-order valence-corrected chi connectivity index (χ3v) is 5.08. The Morgan fingerprint density at radius 1 is 0.818 bits per heavy atom. The summed E-state index contributed by atoms with van der Waals surface area (Å²) in [5.41, 5.74) is 0. The standard InChI is InChI=1S/C16H24N2O4/c19-14(11-6-7-11)17-8-3-4-12(10-17)15(20)18-9-2-1-5-13(18)16(21)22/h11-13H,1-10H2,(H,21,22)/t12?,13-/m1/s1. The lowest BCUT2D eigenvalue weighted by Gasteiger charge is -2.39. The van der Waals surface area contributed by atoms with Crippen molar-refractivity contribution in [2.75, 3.05) is 19.6 Å². The first-order valence-electron chi connectivity index (χ1n) is 8.40. The Labute approximate surface area is 130 Å². The van der Waals surface area contributed by atoms with E-state index in [1.807, 2.05) is 4.90 Å². The number of hydrogen-bond acceptors (Lipinski definition) is 3. The summed E-state index contributed by atoms with van der Waals surface area (Å²) in [4.78, 5) is 39.7. The lowest BCUT2D eigenvalue weighted by Crippen LogP contribution is -2.53. The molecule has 0 spiro atoms. The predicted molar refractivity (Wildman–Crippen MR) is 79.0 cm³/mol. The first-order chi connectivity index (χ1) is 10.6. The Morgan fingerprint density at radius 3 is 2.27 bits per heavy atom. The molecule has 0 radical (unpaired) electrons. The molecule has 122 valence electrons. The van der Waals surface area contributed by atoms with E-state index in [2.05, 4.69) is 0 Å². The molecule has 0 bridgehead atoms. The van der Waals surface area contributed by atoms with E-state index < -0.39 is 12.0 Å². The number of carboxylic acids is 1. The summed E-state index contributed by atoms with van der Waals surface area (Å²) in [5, 5.41) is 9.32. The number of nitrogens with zero attached hydrogens (tertiary/aromatic N) is 2. The summed E-state index contributed by atoms with van der Waals surface area (Å²) in [6.45, 7) is 1.74. The molecule has 0 aromatic heterocycles. The maximum absolute atomic E-state index is 12.7. The second-order valence-electron chi connectivity index (χ2n) is 6.78. The van der Waals surface area contributed by atoms with Gasteiger partial charge in [0, 0.05) is 25.6 Å². The minimum atomic E-state index is -0.908. The number of amides is 2. The highest BCUT2D eigenvalue weighted by molar-refractivity contribution is 5.86. The van der Waals surface area contributed by atoms with Gasteiger partial charge in [-0.15, -0.1) is 0 Å². The van der Waals surface area contributed by atoms with Crippen LogP contribution in [0.25, 0.3) is 0 Å². The van der Waals surface area contributed by atoms with Crippen molar-refractivity contribution in [3.8, 4) is 0 Å². The van der Waals surface area contributed by atoms with Gasteiger partial charge in [-0.2, -0.15) is 0 Å². The van der Waals surface area contributed by atoms with Gasteiger partial charge in [0.15, 0.2) is 0 Å². The smallest absolute Gasteiger partial charge is 0.326 e. The van der Waals surface area contributed by atoms with E-state index in [0.717, 1.165) is 45.1 Å². The fraction of sp³-hybridized carbons (Fsp3) is 0.812. The zero-order valence-electron chi connectivity index (χ0n) is 12.9. The summed E-state index contributed by atoms with van der Waals surface area (Å²) in [6, 6.07) is -0.684. The second-order valence-corrected chi connectivity index (χ2v) is 6.78. The Morgan fingerprint density at radius 2 is 1.59 bits per heavy atom. The fourth-order valence-electron chi connectivity index (χ4n) is 3.65. The van der Waals surface area contributed by atoms with Crippen molar-refractivity contribution < 1.29 is 19.5 Å². The minimum Gasteiger partial charge on any atom is -0.480 e. The van der Waals surface area contributed by atoms with Crippen LogP contribution < -0.4 is 0 Å². The number of aliphatic carboxylic acids is 1. The van der Waals surface area contributed by atoms with E-state index in [9.17, 15) is 19.5 Å².